The molecule has 8 nitrogen and oxygen atoms in total. The number of nitrogens with zero attached hydrogens (tertiary/aromatic N) is 4. The van der Waals surface area contributed by atoms with Crippen LogP contribution in [0.1, 0.15) is 38.6 Å². The molecule has 0 aromatic carbocycles. The van der Waals surface area contributed by atoms with E-state index in [-0.39, 0.29) is 5.95 Å². The molecule has 0 aliphatic rings. The van der Waals surface area contributed by atoms with Gasteiger partial charge in [0, 0.05) is 7.05 Å². The molecule has 2 amide bonds. The summed E-state index contributed by atoms with van der Waals surface area (Å²) < 4.78 is 0. The summed E-state index contributed by atoms with van der Waals surface area (Å²) >= 11 is 0. The van der Waals surface area contributed by atoms with Crippen molar-refractivity contribution in [1.82, 2.24) is 20.1 Å². The number of hydrogen-bond donors (Lipinski definition) is 2. The molecule has 2 N–H and O–H groups in total. The van der Waals surface area contributed by atoms with Crippen LogP contribution in [0, 0.1) is 0 Å². The summed E-state index contributed by atoms with van der Waals surface area (Å²) in [5, 5.41) is 19.4. The highest BCUT2D eigenvalue weighted by atomic mass is 16.4. The summed E-state index contributed by atoms with van der Waals surface area (Å²) in [5.74, 6) is -0.967. The third-order valence-electron chi connectivity index (χ3n) is 3.19. The fourth-order valence-corrected chi connectivity index (χ4v) is 1.93. The van der Waals surface area contributed by atoms with E-state index in [1.54, 1.807) is 6.92 Å². The lowest BCUT2D eigenvalue weighted by molar-refractivity contribution is -0.141. The standard InChI is InChI=1S/C13H21N5O3/c1-5-8-9(6-2)16-17-12(14-8)15-13(21)18(4)10(7-3)11(19)20/h10H,5-7H2,1-4H3,(H,19,20)(H,14,15,17,21). The lowest BCUT2D eigenvalue weighted by atomic mass is 10.2. The molecule has 0 saturated carbocycles. The smallest absolute Gasteiger partial charge is 0.326 e. The normalized spacial score (nSPS) is 11.8. The zero-order valence-electron chi connectivity index (χ0n) is 12.8. The van der Waals surface area contributed by atoms with Gasteiger partial charge in [0.25, 0.3) is 5.95 Å². The molecule has 1 unspecified atom stereocenters. The number of carbonyl (C=O) groups is 2. The number of aromatic nitrogens is 3. The number of carboxylic acid groups (broad SMARTS) is 1. The van der Waals surface area contributed by atoms with Crippen LogP contribution in [0.15, 0.2) is 0 Å². The van der Waals surface area contributed by atoms with E-state index in [1.165, 1.54) is 7.05 Å². The van der Waals surface area contributed by atoms with Crippen molar-refractivity contribution in [2.45, 2.75) is 46.1 Å². The van der Waals surface area contributed by atoms with E-state index < -0.39 is 18.0 Å². The molecule has 0 radical (unpaired) electrons. The van der Waals surface area contributed by atoms with Gasteiger partial charge in [0.15, 0.2) is 0 Å². The first-order chi connectivity index (χ1) is 9.94. The minimum atomic E-state index is -1.05. The second-order valence-electron chi connectivity index (χ2n) is 4.54. The first kappa shape index (κ1) is 16.8. The molecular weight excluding hydrogens is 274 g/mol. The van der Waals surface area contributed by atoms with Crippen LogP contribution in [0.3, 0.4) is 0 Å². The van der Waals surface area contributed by atoms with Crippen molar-refractivity contribution in [3.8, 4) is 0 Å². The maximum Gasteiger partial charge on any atom is 0.326 e. The Hall–Kier alpha value is -2.25. The number of aryl methyl sites for hydroxylation is 2. The van der Waals surface area contributed by atoms with Gasteiger partial charge >= 0.3 is 12.0 Å². The average molecular weight is 295 g/mol. The van der Waals surface area contributed by atoms with Crippen LogP contribution in [0.2, 0.25) is 0 Å². The van der Waals surface area contributed by atoms with Crippen LogP contribution >= 0.6 is 0 Å². The molecule has 1 atom stereocenters. The molecule has 0 fully saturated rings. The minimum absolute atomic E-state index is 0.0844. The van der Waals surface area contributed by atoms with E-state index in [2.05, 4.69) is 20.5 Å². The quantitative estimate of drug-likeness (QED) is 0.819. The number of amides is 2. The van der Waals surface area contributed by atoms with Crippen molar-refractivity contribution in [1.29, 1.82) is 0 Å². The Balaban J connectivity index is 2.85. The third kappa shape index (κ3) is 4.11. The molecule has 0 spiro atoms. The number of anilines is 1. The van der Waals surface area contributed by atoms with Crippen LogP contribution in [-0.4, -0.2) is 50.3 Å². The monoisotopic (exact) mass is 295 g/mol. The zero-order valence-corrected chi connectivity index (χ0v) is 12.8. The summed E-state index contributed by atoms with van der Waals surface area (Å²) in [6.45, 7) is 5.60. The topological polar surface area (TPSA) is 108 Å². The van der Waals surface area contributed by atoms with Gasteiger partial charge < -0.3 is 10.0 Å². The number of rotatable bonds is 6. The highest BCUT2D eigenvalue weighted by Crippen LogP contribution is 2.09. The van der Waals surface area contributed by atoms with Gasteiger partial charge in [-0.1, -0.05) is 20.8 Å². The Bertz CT molecular complexity index is 521. The van der Waals surface area contributed by atoms with Gasteiger partial charge in [-0.25, -0.2) is 14.6 Å². The molecule has 0 saturated heterocycles. The zero-order chi connectivity index (χ0) is 16.0. The summed E-state index contributed by atoms with van der Waals surface area (Å²) in [6.07, 6.45) is 1.71. The van der Waals surface area contributed by atoms with Gasteiger partial charge in [-0.15, -0.1) is 10.2 Å². The van der Waals surface area contributed by atoms with Crippen molar-refractivity contribution < 1.29 is 14.7 Å². The number of carbonyl (C=O) groups excluding carboxylic acids is 1. The Morgan fingerprint density at radius 1 is 1.19 bits per heavy atom. The molecule has 1 aromatic heterocycles. The van der Waals surface area contributed by atoms with Crippen molar-refractivity contribution in [3.05, 3.63) is 11.4 Å². The fraction of sp³-hybridized carbons (Fsp3) is 0.615. The summed E-state index contributed by atoms with van der Waals surface area (Å²) in [6, 6.07) is -1.46. The highest BCUT2D eigenvalue weighted by molar-refractivity contribution is 5.90. The molecule has 0 aliphatic carbocycles. The Labute approximate surface area is 123 Å². The Morgan fingerprint density at radius 2 is 1.81 bits per heavy atom. The average Bonchev–Trinajstić information content (AvgIpc) is 2.47. The number of urea groups is 1. The molecular formula is C13H21N5O3. The van der Waals surface area contributed by atoms with E-state index in [0.717, 1.165) is 16.3 Å². The van der Waals surface area contributed by atoms with Crippen molar-refractivity contribution in [3.63, 3.8) is 0 Å². The van der Waals surface area contributed by atoms with Crippen LogP contribution in [0.5, 0.6) is 0 Å². The lowest BCUT2D eigenvalue weighted by Crippen LogP contribution is -2.44. The number of carboxylic acids is 1. The fourth-order valence-electron chi connectivity index (χ4n) is 1.93. The van der Waals surface area contributed by atoms with Crippen LogP contribution in [0.4, 0.5) is 10.7 Å². The maximum atomic E-state index is 12.0. The first-order valence-electron chi connectivity index (χ1n) is 6.93. The van der Waals surface area contributed by atoms with Crippen LogP contribution < -0.4 is 5.32 Å². The Kier molecular flexibility index (Phi) is 6.01. The van der Waals surface area contributed by atoms with Gasteiger partial charge in [-0.2, -0.15) is 0 Å². The van der Waals surface area contributed by atoms with Crippen LogP contribution in [-0.2, 0) is 17.6 Å². The maximum absolute atomic E-state index is 12.0. The summed E-state index contributed by atoms with van der Waals surface area (Å²) in [5.41, 5.74) is 1.57. The van der Waals surface area contributed by atoms with Crippen LogP contribution in [0.25, 0.3) is 0 Å². The largest absolute Gasteiger partial charge is 0.480 e. The van der Waals surface area contributed by atoms with Gasteiger partial charge in [-0.3, -0.25) is 5.32 Å². The van der Waals surface area contributed by atoms with Gasteiger partial charge in [0.2, 0.25) is 0 Å². The van der Waals surface area contributed by atoms with E-state index in [4.69, 9.17) is 5.11 Å². The van der Waals surface area contributed by atoms with Gasteiger partial charge in [0.05, 0.1) is 11.4 Å². The number of nitrogens with one attached hydrogen (secondary N) is 1. The molecule has 21 heavy (non-hydrogen) atoms. The second kappa shape index (κ2) is 7.51. The Morgan fingerprint density at radius 3 is 2.29 bits per heavy atom. The third-order valence-corrected chi connectivity index (χ3v) is 3.19. The van der Waals surface area contributed by atoms with Crippen molar-refractivity contribution in [2.75, 3.05) is 12.4 Å². The molecule has 1 rings (SSSR count). The first-order valence-corrected chi connectivity index (χ1v) is 6.93. The summed E-state index contributed by atoms with van der Waals surface area (Å²) in [7, 11) is 1.42. The van der Waals surface area contributed by atoms with Gasteiger partial charge in [-0.05, 0) is 19.3 Å². The van der Waals surface area contributed by atoms with Crippen molar-refractivity contribution in [2.24, 2.45) is 0 Å². The SMILES string of the molecule is CCc1nnc(NC(=O)N(C)C(CC)C(=O)O)nc1CC. The molecule has 116 valence electrons. The predicted octanol–water partition coefficient (Wildman–Crippen LogP) is 1.32. The number of aliphatic carboxylic acids is 1. The molecule has 8 heteroatoms. The molecule has 0 aliphatic heterocycles. The molecule has 1 aromatic rings. The number of likely N-dealkylation sites (N-methyl/N-ethyl adjacent to an activating group) is 1. The molecule has 0 bridgehead atoms. The predicted molar refractivity (Wildman–Crippen MR) is 77.1 cm³/mol. The van der Waals surface area contributed by atoms with E-state index in [1.807, 2.05) is 13.8 Å². The van der Waals surface area contributed by atoms with E-state index >= 15 is 0 Å². The second-order valence-corrected chi connectivity index (χ2v) is 4.54. The van der Waals surface area contributed by atoms with E-state index in [9.17, 15) is 9.59 Å². The van der Waals surface area contributed by atoms with E-state index in [0.29, 0.717) is 19.3 Å². The van der Waals surface area contributed by atoms with Gasteiger partial charge in [0.1, 0.15) is 6.04 Å². The van der Waals surface area contributed by atoms with Crippen molar-refractivity contribution >= 4 is 17.9 Å². The highest BCUT2D eigenvalue weighted by Gasteiger charge is 2.25. The number of hydrogen-bond acceptors (Lipinski definition) is 5. The summed E-state index contributed by atoms with van der Waals surface area (Å²) in [4.78, 5) is 28.4. The molecule has 1 heterocycles. The minimum Gasteiger partial charge on any atom is -0.480 e. The lowest BCUT2D eigenvalue weighted by Gasteiger charge is -2.23.